The zero-order chi connectivity index (χ0) is 11.0. The average Bonchev–Trinajstić information content (AvgIpc) is 2.59. The number of nitro benzene ring substituents is 1. The summed E-state index contributed by atoms with van der Waals surface area (Å²) in [6.45, 7) is 1.31. The van der Waals surface area contributed by atoms with Crippen LogP contribution in [0, 0.1) is 10.1 Å². The molecule has 0 saturated carbocycles. The number of hydrogen-bond acceptors (Lipinski definition) is 5. The van der Waals surface area contributed by atoms with Gasteiger partial charge in [-0.05, 0) is 6.07 Å². The summed E-state index contributed by atoms with van der Waals surface area (Å²) in [4.78, 5) is 21.2. The Bertz CT molecular complexity index is 560. The van der Waals surface area contributed by atoms with Crippen LogP contribution in [0.2, 0.25) is 0 Å². The van der Waals surface area contributed by atoms with Gasteiger partial charge in [0.15, 0.2) is 5.52 Å². The van der Waals surface area contributed by atoms with E-state index in [0.29, 0.717) is 5.52 Å². The Morgan fingerprint density at radius 2 is 2.27 bits per heavy atom. The zero-order valence-electron chi connectivity index (χ0n) is 7.75. The van der Waals surface area contributed by atoms with Crippen molar-refractivity contribution in [1.29, 1.82) is 0 Å². The molecule has 1 aromatic heterocycles. The monoisotopic (exact) mass is 206 g/mol. The van der Waals surface area contributed by atoms with Gasteiger partial charge in [-0.15, -0.1) is 5.10 Å². The second-order valence-electron chi connectivity index (χ2n) is 2.92. The van der Waals surface area contributed by atoms with E-state index >= 15 is 0 Å². The summed E-state index contributed by atoms with van der Waals surface area (Å²) in [5, 5.41) is 17.8. The molecule has 0 fully saturated rings. The van der Waals surface area contributed by atoms with Gasteiger partial charge in [0.05, 0.1) is 4.92 Å². The molecule has 1 aromatic carbocycles. The summed E-state index contributed by atoms with van der Waals surface area (Å²) in [6.07, 6.45) is 0. The van der Waals surface area contributed by atoms with E-state index in [-0.39, 0.29) is 17.1 Å². The molecule has 7 nitrogen and oxygen atoms in total. The van der Waals surface area contributed by atoms with Gasteiger partial charge in [0, 0.05) is 13.0 Å². The molecule has 0 N–H and O–H groups in total. The molecule has 2 aromatic rings. The number of benzene rings is 1. The predicted octanol–water partition coefficient (Wildman–Crippen LogP) is 1.000. The largest absolute Gasteiger partial charge is 0.299 e. The zero-order valence-corrected chi connectivity index (χ0v) is 7.75. The highest BCUT2D eigenvalue weighted by atomic mass is 16.6. The Labute approximate surface area is 83.5 Å². The van der Waals surface area contributed by atoms with E-state index in [1.165, 1.54) is 19.1 Å². The number of nitrogens with zero attached hydrogens (tertiary/aromatic N) is 4. The van der Waals surface area contributed by atoms with Gasteiger partial charge in [-0.2, -0.15) is 4.68 Å². The van der Waals surface area contributed by atoms with Crippen molar-refractivity contribution in [2.75, 3.05) is 0 Å². The fourth-order valence-electron chi connectivity index (χ4n) is 1.31. The highest BCUT2D eigenvalue weighted by molar-refractivity contribution is 5.91. The molecule has 0 bridgehead atoms. The Kier molecular flexibility index (Phi) is 1.93. The van der Waals surface area contributed by atoms with E-state index in [1.54, 1.807) is 6.07 Å². The highest BCUT2D eigenvalue weighted by Gasteiger charge is 2.17. The summed E-state index contributed by atoms with van der Waals surface area (Å²) in [5.41, 5.74) is 0.314. The number of nitro groups is 1. The maximum atomic E-state index is 11.1. The smallest absolute Gasteiger partial charge is 0.273 e. The van der Waals surface area contributed by atoms with E-state index in [4.69, 9.17) is 0 Å². The molecule has 0 aliphatic rings. The number of aromatic nitrogens is 3. The Hall–Kier alpha value is -2.31. The molecule has 0 atom stereocenters. The minimum absolute atomic E-state index is 0.123. The minimum Gasteiger partial charge on any atom is -0.273 e. The van der Waals surface area contributed by atoms with Crippen molar-refractivity contribution in [3.8, 4) is 0 Å². The van der Waals surface area contributed by atoms with Crippen molar-refractivity contribution in [3.63, 3.8) is 0 Å². The predicted molar refractivity (Wildman–Crippen MR) is 50.5 cm³/mol. The number of carbonyl (C=O) groups is 1. The van der Waals surface area contributed by atoms with E-state index in [2.05, 4.69) is 10.3 Å². The number of hydrogen-bond donors (Lipinski definition) is 0. The average molecular weight is 206 g/mol. The van der Waals surface area contributed by atoms with Crippen LogP contribution in [0.15, 0.2) is 18.2 Å². The molecule has 2 rings (SSSR count). The first-order valence-electron chi connectivity index (χ1n) is 4.11. The molecule has 0 amide bonds. The molecule has 1 heterocycles. The van der Waals surface area contributed by atoms with Gasteiger partial charge in [-0.3, -0.25) is 14.9 Å². The molecule has 0 spiro atoms. The lowest BCUT2D eigenvalue weighted by Gasteiger charge is -1.94. The second kappa shape index (κ2) is 3.12. The summed E-state index contributed by atoms with van der Waals surface area (Å²) in [7, 11) is 0. The van der Waals surface area contributed by atoms with E-state index < -0.39 is 4.92 Å². The molecule has 0 saturated heterocycles. The van der Waals surface area contributed by atoms with Crippen LogP contribution in [0.3, 0.4) is 0 Å². The normalized spacial score (nSPS) is 10.5. The molecule has 15 heavy (non-hydrogen) atoms. The maximum absolute atomic E-state index is 11.1. The van der Waals surface area contributed by atoms with Gasteiger partial charge in [0.1, 0.15) is 5.52 Å². The van der Waals surface area contributed by atoms with Crippen LogP contribution in [0.1, 0.15) is 11.7 Å². The van der Waals surface area contributed by atoms with Crippen molar-refractivity contribution < 1.29 is 9.72 Å². The van der Waals surface area contributed by atoms with Gasteiger partial charge in [0.2, 0.25) is 5.91 Å². The van der Waals surface area contributed by atoms with Crippen LogP contribution in [0.5, 0.6) is 0 Å². The summed E-state index contributed by atoms with van der Waals surface area (Å²) >= 11 is 0. The van der Waals surface area contributed by atoms with Gasteiger partial charge in [0.25, 0.3) is 5.69 Å². The Morgan fingerprint density at radius 3 is 2.87 bits per heavy atom. The first-order chi connectivity index (χ1) is 7.11. The van der Waals surface area contributed by atoms with Crippen LogP contribution in [-0.4, -0.2) is 25.8 Å². The third-order valence-electron chi connectivity index (χ3n) is 1.95. The second-order valence-corrected chi connectivity index (χ2v) is 2.92. The standard InChI is InChI=1S/C8H6N4O3/c1-5(13)11-6-3-2-4-7(12(14)15)8(6)9-10-11/h2-4H,1H3. The Balaban J connectivity index is 2.80. The molecular formula is C8H6N4O3. The minimum atomic E-state index is -0.554. The van der Waals surface area contributed by atoms with Gasteiger partial charge >= 0.3 is 0 Å². The topological polar surface area (TPSA) is 90.9 Å². The Morgan fingerprint density at radius 1 is 1.53 bits per heavy atom. The summed E-state index contributed by atoms with van der Waals surface area (Å²) in [5.74, 6) is -0.335. The molecule has 7 heteroatoms. The highest BCUT2D eigenvalue weighted by Crippen LogP contribution is 2.22. The lowest BCUT2D eigenvalue weighted by atomic mass is 10.2. The molecular weight excluding hydrogens is 200 g/mol. The van der Waals surface area contributed by atoms with E-state index in [0.717, 1.165) is 4.68 Å². The van der Waals surface area contributed by atoms with Crippen molar-refractivity contribution in [3.05, 3.63) is 28.3 Å². The van der Waals surface area contributed by atoms with Gasteiger partial charge in [-0.1, -0.05) is 11.3 Å². The van der Waals surface area contributed by atoms with E-state index in [1.807, 2.05) is 0 Å². The number of non-ortho nitro benzene ring substituents is 1. The number of carbonyl (C=O) groups excluding carboxylic acids is 1. The van der Waals surface area contributed by atoms with Crippen molar-refractivity contribution in [2.45, 2.75) is 6.92 Å². The van der Waals surface area contributed by atoms with Crippen LogP contribution in [0.25, 0.3) is 11.0 Å². The quantitative estimate of drug-likeness (QED) is 0.512. The number of rotatable bonds is 1. The van der Waals surface area contributed by atoms with Crippen molar-refractivity contribution in [2.24, 2.45) is 0 Å². The lowest BCUT2D eigenvalue weighted by Crippen LogP contribution is -2.06. The van der Waals surface area contributed by atoms with Gasteiger partial charge in [-0.25, -0.2) is 0 Å². The molecule has 76 valence electrons. The van der Waals surface area contributed by atoms with Crippen LogP contribution < -0.4 is 0 Å². The van der Waals surface area contributed by atoms with Crippen molar-refractivity contribution in [1.82, 2.24) is 15.0 Å². The van der Waals surface area contributed by atoms with Gasteiger partial charge < -0.3 is 0 Å². The van der Waals surface area contributed by atoms with Crippen molar-refractivity contribution >= 4 is 22.6 Å². The third kappa shape index (κ3) is 1.33. The maximum Gasteiger partial charge on any atom is 0.299 e. The fourth-order valence-corrected chi connectivity index (χ4v) is 1.31. The molecule has 0 unspecified atom stereocenters. The SMILES string of the molecule is CC(=O)n1nnc2c([N+](=O)[O-])cccc21. The molecule has 0 radical (unpaired) electrons. The third-order valence-corrected chi connectivity index (χ3v) is 1.95. The molecule has 0 aliphatic heterocycles. The van der Waals surface area contributed by atoms with Crippen LogP contribution >= 0.6 is 0 Å². The van der Waals surface area contributed by atoms with Crippen LogP contribution in [0.4, 0.5) is 5.69 Å². The number of fused-ring (bicyclic) bond motifs is 1. The molecule has 0 aliphatic carbocycles. The summed E-state index contributed by atoms with van der Waals surface area (Å²) < 4.78 is 1.03. The first kappa shape index (κ1) is 9.25. The van der Waals surface area contributed by atoms with Crippen LogP contribution in [-0.2, 0) is 0 Å². The fraction of sp³-hybridized carbons (Fsp3) is 0.125. The van der Waals surface area contributed by atoms with E-state index in [9.17, 15) is 14.9 Å². The first-order valence-corrected chi connectivity index (χ1v) is 4.11. The summed E-state index contributed by atoms with van der Waals surface area (Å²) in [6, 6.07) is 4.37. The lowest BCUT2D eigenvalue weighted by molar-refractivity contribution is -0.383.